The molecule has 0 aliphatic rings. The van der Waals surface area contributed by atoms with Crippen molar-refractivity contribution >= 4 is 0 Å². The summed E-state index contributed by atoms with van der Waals surface area (Å²) in [6.07, 6.45) is 0.123. The van der Waals surface area contributed by atoms with Crippen LogP contribution in [0.2, 0.25) is 0 Å². The number of aliphatic hydroxyl groups excluding tert-OH is 1. The topological polar surface area (TPSA) is 29.5 Å². The normalized spacial score (nSPS) is 12.2. The van der Waals surface area contributed by atoms with E-state index in [2.05, 4.69) is 12.1 Å². The number of hydrogen-bond acceptors (Lipinski definition) is 2. The highest BCUT2D eigenvalue weighted by atomic mass is 16.5. The molecule has 2 heteroatoms. The van der Waals surface area contributed by atoms with E-state index in [-0.39, 0.29) is 0 Å². The highest BCUT2D eigenvalue weighted by Gasteiger charge is 2.10. The molecule has 0 amide bonds. The Morgan fingerprint density at radius 1 is 1.00 bits per heavy atom. The van der Waals surface area contributed by atoms with Crippen LogP contribution in [0.25, 0.3) is 0 Å². The van der Waals surface area contributed by atoms with E-state index in [4.69, 9.17) is 4.74 Å². The molecule has 2 aromatic carbocycles. The maximum Gasteiger partial charge on any atom is 0.119 e. The van der Waals surface area contributed by atoms with Crippen LogP contribution in [-0.2, 0) is 0 Å². The van der Waals surface area contributed by atoms with Gasteiger partial charge in [-0.25, -0.2) is 0 Å². The summed E-state index contributed by atoms with van der Waals surface area (Å²) in [5.74, 6) is 0.859. The Morgan fingerprint density at radius 3 is 2.50 bits per heavy atom. The second-order valence-corrected chi connectivity index (χ2v) is 5.33. The SMILES string of the molecule is Cc1cccc(OCCC(O)c2cc(C)ccc2C)c1. The smallest absolute Gasteiger partial charge is 0.119 e. The van der Waals surface area contributed by atoms with E-state index in [1.165, 1.54) is 11.1 Å². The molecule has 0 bridgehead atoms. The first-order valence-electron chi connectivity index (χ1n) is 7.01. The predicted molar refractivity (Wildman–Crippen MR) is 82.2 cm³/mol. The Balaban J connectivity index is 1.92. The van der Waals surface area contributed by atoms with Gasteiger partial charge in [-0.2, -0.15) is 0 Å². The van der Waals surface area contributed by atoms with Crippen LogP contribution in [0.4, 0.5) is 0 Å². The Hall–Kier alpha value is -1.80. The molecule has 0 aliphatic heterocycles. The van der Waals surface area contributed by atoms with Crippen molar-refractivity contribution in [3.8, 4) is 5.75 Å². The van der Waals surface area contributed by atoms with Crippen molar-refractivity contribution < 1.29 is 9.84 Å². The molecular weight excluding hydrogens is 248 g/mol. The predicted octanol–water partition coefficient (Wildman–Crippen LogP) is 4.11. The van der Waals surface area contributed by atoms with Crippen LogP contribution in [0.1, 0.15) is 34.8 Å². The third-order valence-corrected chi connectivity index (χ3v) is 3.44. The first kappa shape index (κ1) is 14.6. The van der Waals surface area contributed by atoms with Gasteiger partial charge in [0.05, 0.1) is 12.7 Å². The van der Waals surface area contributed by atoms with Crippen LogP contribution in [0.3, 0.4) is 0 Å². The first-order valence-corrected chi connectivity index (χ1v) is 7.01. The van der Waals surface area contributed by atoms with Gasteiger partial charge in [-0.1, -0.05) is 35.9 Å². The summed E-state index contributed by atoms with van der Waals surface area (Å²) in [4.78, 5) is 0. The van der Waals surface area contributed by atoms with Gasteiger partial charge in [0.25, 0.3) is 0 Å². The number of ether oxygens (including phenoxy) is 1. The van der Waals surface area contributed by atoms with E-state index >= 15 is 0 Å². The third kappa shape index (κ3) is 3.84. The maximum absolute atomic E-state index is 10.3. The zero-order chi connectivity index (χ0) is 14.5. The lowest BCUT2D eigenvalue weighted by Crippen LogP contribution is -2.07. The van der Waals surface area contributed by atoms with Gasteiger partial charge in [0.15, 0.2) is 0 Å². The third-order valence-electron chi connectivity index (χ3n) is 3.44. The molecule has 1 N–H and O–H groups in total. The summed E-state index contributed by atoms with van der Waals surface area (Å²) in [7, 11) is 0. The molecule has 2 nitrogen and oxygen atoms in total. The zero-order valence-corrected chi connectivity index (χ0v) is 12.4. The van der Waals surface area contributed by atoms with Crippen LogP contribution in [0, 0.1) is 20.8 Å². The molecule has 0 radical (unpaired) electrons. The summed E-state index contributed by atoms with van der Waals surface area (Å²) in [6, 6.07) is 14.1. The van der Waals surface area contributed by atoms with E-state index in [0.29, 0.717) is 13.0 Å². The van der Waals surface area contributed by atoms with E-state index in [0.717, 1.165) is 16.9 Å². The lowest BCUT2D eigenvalue weighted by molar-refractivity contribution is 0.140. The molecular formula is C18H22O2. The molecule has 20 heavy (non-hydrogen) atoms. The molecule has 0 spiro atoms. The molecule has 2 rings (SSSR count). The Kier molecular flexibility index (Phi) is 4.80. The molecule has 0 saturated carbocycles. The van der Waals surface area contributed by atoms with Crippen LogP contribution in [0.15, 0.2) is 42.5 Å². The fraction of sp³-hybridized carbons (Fsp3) is 0.333. The van der Waals surface area contributed by atoms with Crippen molar-refractivity contribution in [2.24, 2.45) is 0 Å². The summed E-state index contributed by atoms with van der Waals surface area (Å²) < 4.78 is 5.69. The number of aliphatic hydroxyl groups is 1. The van der Waals surface area contributed by atoms with E-state index in [9.17, 15) is 5.11 Å². The van der Waals surface area contributed by atoms with E-state index in [1.807, 2.05) is 51.1 Å². The quantitative estimate of drug-likeness (QED) is 0.885. The second-order valence-electron chi connectivity index (χ2n) is 5.33. The van der Waals surface area contributed by atoms with Crippen molar-refractivity contribution in [2.75, 3.05) is 6.61 Å². The Morgan fingerprint density at radius 2 is 1.75 bits per heavy atom. The van der Waals surface area contributed by atoms with Crippen molar-refractivity contribution in [3.63, 3.8) is 0 Å². The molecule has 0 saturated heterocycles. The molecule has 0 fully saturated rings. The largest absolute Gasteiger partial charge is 0.493 e. The minimum absolute atomic E-state index is 0.472. The average molecular weight is 270 g/mol. The van der Waals surface area contributed by atoms with Crippen LogP contribution in [-0.4, -0.2) is 11.7 Å². The standard InChI is InChI=1S/C18H22O2/c1-13-5-4-6-16(11-13)20-10-9-18(19)17-12-14(2)7-8-15(17)3/h4-8,11-12,18-19H,9-10H2,1-3H3. The molecule has 0 aliphatic carbocycles. The summed E-state index contributed by atoms with van der Waals surface area (Å²) in [6.45, 7) is 6.62. The van der Waals surface area contributed by atoms with Crippen molar-refractivity contribution in [1.29, 1.82) is 0 Å². The van der Waals surface area contributed by atoms with Crippen LogP contribution < -0.4 is 4.74 Å². The fourth-order valence-corrected chi connectivity index (χ4v) is 2.27. The highest BCUT2D eigenvalue weighted by molar-refractivity contribution is 5.32. The molecule has 1 atom stereocenters. The molecule has 1 unspecified atom stereocenters. The fourth-order valence-electron chi connectivity index (χ4n) is 2.27. The van der Waals surface area contributed by atoms with Crippen LogP contribution >= 0.6 is 0 Å². The lowest BCUT2D eigenvalue weighted by Gasteiger charge is -2.15. The van der Waals surface area contributed by atoms with Gasteiger partial charge in [0.2, 0.25) is 0 Å². The summed E-state index contributed by atoms with van der Waals surface area (Å²) >= 11 is 0. The number of hydrogen-bond donors (Lipinski definition) is 1. The number of rotatable bonds is 5. The molecule has 0 aromatic heterocycles. The van der Waals surface area contributed by atoms with Crippen molar-refractivity contribution in [3.05, 3.63) is 64.7 Å². The average Bonchev–Trinajstić information content (AvgIpc) is 2.41. The van der Waals surface area contributed by atoms with Crippen molar-refractivity contribution in [1.82, 2.24) is 0 Å². The van der Waals surface area contributed by atoms with Gasteiger partial charge >= 0.3 is 0 Å². The summed E-state index contributed by atoms with van der Waals surface area (Å²) in [5, 5.41) is 10.3. The van der Waals surface area contributed by atoms with E-state index in [1.54, 1.807) is 0 Å². The van der Waals surface area contributed by atoms with Crippen molar-refractivity contribution in [2.45, 2.75) is 33.3 Å². The van der Waals surface area contributed by atoms with Gasteiger partial charge in [-0.15, -0.1) is 0 Å². The molecule has 2 aromatic rings. The van der Waals surface area contributed by atoms with Gasteiger partial charge in [0.1, 0.15) is 5.75 Å². The highest BCUT2D eigenvalue weighted by Crippen LogP contribution is 2.22. The minimum Gasteiger partial charge on any atom is -0.493 e. The zero-order valence-electron chi connectivity index (χ0n) is 12.4. The maximum atomic E-state index is 10.3. The van der Waals surface area contributed by atoms with Gasteiger partial charge < -0.3 is 9.84 Å². The first-order chi connectivity index (χ1) is 9.56. The molecule has 106 valence electrons. The van der Waals surface area contributed by atoms with Gasteiger partial charge in [-0.3, -0.25) is 0 Å². The molecule has 0 heterocycles. The monoisotopic (exact) mass is 270 g/mol. The second kappa shape index (κ2) is 6.58. The number of aryl methyl sites for hydroxylation is 3. The summed E-state index contributed by atoms with van der Waals surface area (Å²) in [5.41, 5.74) is 4.47. The van der Waals surface area contributed by atoms with Gasteiger partial charge in [-0.05, 0) is 49.6 Å². The Bertz CT molecular complexity index is 575. The number of benzene rings is 2. The minimum atomic E-state index is -0.472. The van der Waals surface area contributed by atoms with E-state index < -0.39 is 6.10 Å². The Labute approximate surface area is 121 Å². The lowest BCUT2D eigenvalue weighted by atomic mass is 9.99. The van der Waals surface area contributed by atoms with Crippen LogP contribution in [0.5, 0.6) is 5.75 Å². The van der Waals surface area contributed by atoms with Gasteiger partial charge in [0, 0.05) is 6.42 Å².